The molecule has 0 radical (unpaired) electrons. The third-order valence-corrected chi connectivity index (χ3v) is 4.39. The van der Waals surface area contributed by atoms with Gasteiger partial charge in [0.1, 0.15) is 12.2 Å². The van der Waals surface area contributed by atoms with Crippen molar-refractivity contribution in [3.05, 3.63) is 53.6 Å². The molecule has 0 bridgehead atoms. The maximum atomic E-state index is 12.8. The average Bonchev–Trinajstić information content (AvgIpc) is 3.30. The normalized spacial score (nSPS) is 11.0. The molecule has 8 nitrogen and oxygen atoms in total. The second-order valence-corrected chi connectivity index (χ2v) is 6.79. The van der Waals surface area contributed by atoms with E-state index in [1.165, 1.54) is 16.9 Å². The van der Waals surface area contributed by atoms with Gasteiger partial charge in [-0.1, -0.05) is 6.07 Å². The van der Waals surface area contributed by atoms with Gasteiger partial charge in [-0.3, -0.25) is 14.2 Å². The van der Waals surface area contributed by atoms with Gasteiger partial charge in [-0.05, 0) is 44.5 Å². The second-order valence-electron chi connectivity index (χ2n) is 6.79. The molecule has 2 aromatic heterocycles. The molecule has 0 aliphatic rings. The molecule has 1 amide bonds. The molecule has 0 spiro atoms. The van der Waals surface area contributed by atoms with Crippen LogP contribution >= 0.6 is 0 Å². The van der Waals surface area contributed by atoms with E-state index in [4.69, 9.17) is 9.47 Å². The maximum absolute atomic E-state index is 12.8. The van der Waals surface area contributed by atoms with Crippen molar-refractivity contribution in [1.29, 1.82) is 0 Å². The zero-order valence-electron chi connectivity index (χ0n) is 17.6. The fraction of sp³-hybridized carbons (Fsp3) is 0.381. The number of alkyl halides is 2. The number of amides is 1. The number of nitrogens with zero attached hydrogens (tertiary/aromatic N) is 4. The van der Waals surface area contributed by atoms with Gasteiger partial charge in [0.15, 0.2) is 11.5 Å². The number of hydrogen-bond acceptors (Lipinski definition) is 5. The van der Waals surface area contributed by atoms with Crippen LogP contribution in [0.1, 0.15) is 37.2 Å². The summed E-state index contributed by atoms with van der Waals surface area (Å²) < 4.78 is 39.6. The van der Waals surface area contributed by atoms with Crippen LogP contribution in [0.25, 0.3) is 0 Å². The van der Waals surface area contributed by atoms with E-state index in [1.54, 1.807) is 17.8 Å². The maximum Gasteiger partial charge on any atom is 0.282 e. The SMILES string of the molecule is CCOc1ccc(Cn2cc(NC(=O)Cn3nc(C(F)F)cc3C)cn2)cc1OCC. The number of aryl methyl sites for hydroxylation is 1. The van der Waals surface area contributed by atoms with Gasteiger partial charge in [0.05, 0.1) is 31.6 Å². The number of aromatic nitrogens is 4. The third kappa shape index (κ3) is 5.80. The largest absolute Gasteiger partial charge is 0.490 e. The Bertz CT molecular complexity index is 1030. The molecule has 3 rings (SSSR count). The summed E-state index contributed by atoms with van der Waals surface area (Å²) >= 11 is 0. The Balaban J connectivity index is 1.62. The molecule has 0 unspecified atom stereocenters. The lowest BCUT2D eigenvalue weighted by Crippen LogP contribution is -2.20. The predicted octanol–water partition coefficient (Wildman–Crippen LogP) is 3.81. The number of rotatable bonds is 10. The minimum atomic E-state index is -2.67. The van der Waals surface area contributed by atoms with Crippen LogP contribution in [0.15, 0.2) is 36.7 Å². The lowest BCUT2D eigenvalue weighted by atomic mass is 10.2. The van der Waals surface area contributed by atoms with E-state index in [1.807, 2.05) is 32.0 Å². The van der Waals surface area contributed by atoms with Crippen LogP contribution in [-0.4, -0.2) is 38.7 Å². The van der Waals surface area contributed by atoms with Crippen LogP contribution in [0.5, 0.6) is 11.5 Å². The predicted molar refractivity (Wildman–Crippen MR) is 111 cm³/mol. The summed E-state index contributed by atoms with van der Waals surface area (Å²) in [6.45, 7) is 6.81. The quantitative estimate of drug-likeness (QED) is 0.526. The van der Waals surface area contributed by atoms with Crippen molar-refractivity contribution in [2.24, 2.45) is 0 Å². The summed E-state index contributed by atoms with van der Waals surface area (Å²) in [5.74, 6) is 0.969. The Hall–Kier alpha value is -3.43. The van der Waals surface area contributed by atoms with E-state index < -0.39 is 6.43 Å². The summed E-state index contributed by atoms with van der Waals surface area (Å²) in [5.41, 5.74) is 1.60. The molecule has 2 heterocycles. The number of hydrogen-bond donors (Lipinski definition) is 1. The molecule has 0 atom stereocenters. The van der Waals surface area contributed by atoms with E-state index in [-0.39, 0.29) is 18.1 Å². The Morgan fingerprint density at radius 1 is 1.16 bits per heavy atom. The average molecular weight is 433 g/mol. The number of carbonyl (C=O) groups is 1. The van der Waals surface area contributed by atoms with Gasteiger partial charge in [-0.2, -0.15) is 10.2 Å². The fourth-order valence-electron chi connectivity index (χ4n) is 3.03. The summed E-state index contributed by atoms with van der Waals surface area (Å²) in [7, 11) is 0. The molecular formula is C21H25F2N5O3. The van der Waals surface area contributed by atoms with Crippen LogP contribution in [0, 0.1) is 6.92 Å². The molecule has 0 aliphatic heterocycles. The number of halogens is 2. The molecule has 0 saturated heterocycles. The standard InChI is InChI=1S/C21H25F2N5O3/c1-4-30-18-7-6-15(9-19(18)31-5-2)11-27-12-16(10-24-27)25-20(29)13-28-14(3)8-17(26-28)21(22)23/h6-10,12,21H,4-5,11,13H2,1-3H3,(H,25,29). The van der Waals surface area contributed by atoms with Crippen LogP contribution in [0.2, 0.25) is 0 Å². The Morgan fingerprint density at radius 3 is 2.58 bits per heavy atom. The molecule has 3 aromatic rings. The molecule has 166 valence electrons. The highest BCUT2D eigenvalue weighted by molar-refractivity contribution is 5.90. The lowest BCUT2D eigenvalue weighted by molar-refractivity contribution is -0.117. The van der Waals surface area contributed by atoms with Crippen molar-refractivity contribution < 1.29 is 23.0 Å². The highest BCUT2D eigenvalue weighted by Gasteiger charge is 2.15. The minimum Gasteiger partial charge on any atom is -0.490 e. The minimum absolute atomic E-state index is 0.166. The van der Waals surface area contributed by atoms with E-state index in [0.717, 1.165) is 5.56 Å². The molecule has 0 aliphatic carbocycles. The summed E-state index contributed by atoms with van der Waals surface area (Å²) in [4.78, 5) is 12.3. The zero-order chi connectivity index (χ0) is 22.4. The van der Waals surface area contributed by atoms with Crippen molar-refractivity contribution >= 4 is 11.6 Å². The van der Waals surface area contributed by atoms with E-state index in [0.29, 0.717) is 42.6 Å². The molecule has 0 saturated carbocycles. The molecular weight excluding hydrogens is 408 g/mol. The van der Waals surface area contributed by atoms with E-state index >= 15 is 0 Å². The highest BCUT2D eigenvalue weighted by atomic mass is 19.3. The van der Waals surface area contributed by atoms with Gasteiger partial charge >= 0.3 is 0 Å². The first-order valence-corrected chi connectivity index (χ1v) is 9.92. The van der Waals surface area contributed by atoms with Crippen LogP contribution in [-0.2, 0) is 17.9 Å². The zero-order valence-corrected chi connectivity index (χ0v) is 17.6. The van der Waals surface area contributed by atoms with Gasteiger partial charge in [-0.15, -0.1) is 0 Å². The highest BCUT2D eigenvalue weighted by Crippen LogP contribution is 2.29. The molecule has 1 aromatic carbocycles. The van der Waals surface area contributed by atoms with Crippen LogP contribution in [0.4, 0.5) is 14.5 Å². The first-order chi connectivity index (χ1) is 14.9. The molecule has 1 N–H and O–H groups in total. The number of carbonyl (C=O) groups excluding carboxylic acids is 1. The van der Waals surface area contributed by atoms with Gasteiger partial charge < -0.3 is 14.8 Å². The molecule has 31 heavy (non-hydrogen) atoms. The van der Waals surface area contributed by atoms with E-state index in [9.17, 15) is 13.6 Å². The van der Waals surface area contributed by atoms with Crippen LogP contribution in [0.3, 0.4) is 0 Å². The van der Waals surface area contributed by atoms with Crippen molar-refractivity contribution in [2.75, 3.05) is 18.5 Å². The smallest absolute Gasteiger partial charge is 0.282 e. The Kier molecular flexibility index (Phi) is 7.22. The van der Waals surface area contributed by atoms with Gasteiger partial charge in [0.2, 0.25) is 5.91 Å². The van der Waals surface area contributed by atoms with Crippen molar-refractivity contribution in [3.8, 4) is 11.5 Å². The number of ether oxygens (including phenoxy) is 2. The topological polar surface area (TPSA) is 83.2 Å². The first kappa shape index (κ1) is 22.3. The van der Waals surface area contributed by atoms with Crippen molar-refractivity contribution in [3.63, 3.8) is 0 Å². The Labute approximate surface area is 178 Å². The van der Waals surface area contributed by atoms with Gasteiger partial charge in [0.25, 0.3) is 6.43 Å². The molecule has 0 fully saturated rings. The van der Waals surface area contributed by atoms with E-state index in [2.05, 4.69) is 15.5 Å². The third-order valence-electron chi connectivity index (χ3n) is 4.39. The first-order valence-electron chi connectivity index (χ1n) is 9.92. The monoisotopic (exact) mass is 433 g/mol. The summed E-state index contributed by atoms with van der Waals surface area (Å²) in [6.07, 6.45) is 0.540. The summed E-state index contributed by atoms with van der Waals surface area (Å²) in [6, 6.07) is 6.95. The summed E-state index contributed by atoms with van der Waals surface area (Å²) in [5, 5.41) is 10.7. The van der Waals surface area contributed by atoms with Gasteiger partial charge in [-0.25, -0.2) is 8.78 Å². The van der Waals surface area contributed by atoms with Crippen LogP contribution < -0.4 is 14.8 Å². The number of benzene rings is 1. The van der Waals surface area contributed by atoms with Gasteiger partial charge in [0, 0.05) is 11.9 Å². The number of nitrogens with one attached hydrogen (secondary N) is 1. The van der Waals surface area contributed by atoms with Crippen molar-refractivity contribution in [1.82, 2.24) is 19.6 Å². The fourth-order valence-corrected chi connectivity index (χ4v) is 3.03. The second kappa shape index (κ2) is 10.1. The molecule has 10 heteroatoms. The number of anilines is 1. The van der Waals surface area contributed by atoms with Crippen molar-refractivity contribution in [2.45, 2.75) is 40.3 Å². The lowest BCUT2D eigenvalue weighted by Gasteiger charge is -2.12. The Morgan fingerprint density at radius 2 is 1.90 bits per heavy atom.